The number of fused-ring (bicyclic) bond motifs is 1. The zero-order valence-electron chi connectivity index (χ0n) is 14.0. The largest absolute Gasteiger partial charge is 0.492 e. The van der Waals surface area contributed by atoms with Gasteiger partial charge in [0.25, 0.3) is 0 Å². The van der Waals surface area contributed by atoms with Crippen molar-refractivity contribution in [1.82, 2.24) is 15.2 Å². The minimum atomic E-state index is 0.0738. The maximum atomic E-state index is 12.1. The van der Waals surface area contributed by atoms with Crippen molar-refractivity contribution in [3.05, 3.63) is 45.9 Å². The van der Waals surface area contributed by atoms with E-state index >= 15 is 0 Å². The third-order valence-electron chi connectivity index (χ3n) is 3.96. The highest BCUT2D eigenvalue weighted by atomic mass is 32.1. The first-order valence-corrected chi connectivity index (χ1v) is 9.19. The smallest absolute Gasteiger partial charge is 0.234 e. The van der Waals surface area contributed by atoms with Crippen LogP contribution in [0.1, 0.15) is 22.7 Å². The topological polar surface area (TPSA) is 54.5 Å². The van der Waals surface area contributed by atoms with E-state index < -0.39 is 0 Å². The van der Waals surface area contributed by atoms with Gasteiger partial charge in [0.2, 0.25) is 5.91 Å². The van der Waals surface area contributed by atoms with Gasteiger partial charge in [0.05, 0.1) is 11.6 Å². The van der Waals surface area contributed by atoms with Crippen LogP contribution in [-0.2, 0) is 17.8 Å². The maximum absolute atomic E-state index is 12.1. The van der Waals surface area contributed by atoms with Crippen LogP contribution in [0.5, 0.6) is 5.75 Å². The highest BCUT2D eigenvalue weighted by Gasteiger charge is 2.17. The quantitative estimate of drug-likeness (QED) is 0.817. The molecular weight excluding hydrogens is 322 g/mol. The molecule has 2 heterocycles. The summed E-state index contributed by atoms with van der Waals surface area (Å²) in [5, 5.41) is 6.21. The van der Waals surface area contributed by atoms with Crippen molar-refractivity contribution in [2.45, 2.75) is 26.3 Å². The van der Waals surface area contributed by atoms with Crippen LogP contribution in [0.2, 0.25) is 0 Å². The summed E-state index contributed by atoms with van der Waals surface area (Å²) in [5.41, 5.74) is 2.21. The molecule has 1 N–H and O–H groups in total. The molecule has 1 aliphatic rings. The molecule has 0 spiro atoms. The number of carbonyl (C=O) groups excluding carboxylic acids is 1. The van der Waals surface area contributed by atoms with Gasteiger partial charge >= 0.3 is 0 Å². The summed E-state index contributed by atoms with van der Waals surface area (Å²) in [5.74, 6) is 1.00. The maximum Gasteiger partial charge on any atom is 0.234 e. The second-order valence-corrected chi connectivity index (χ2v) is 6.95. The minimum absolute atomic E-state index is 0.0738. The molecular formula is C18H23N3O2S. The molecule has 1 aromatic carbocycles. The Hall–Kier alpha value is -1.92. The normalized spacial score (nSPS) is 14.5. The number of aromatic nitrogens is 1. The molecule has 0 atom stereocenters. The van der Waals surface area contributed by atoms with E-state index in [1.54, 1.807) is 11.3 Å². The summed E-state index contributed by atoms with van der Waals surface area (Å²) >= 11 is 1.69. The number of para-hydroxylation sites is 1. The lowest BCUT2D eigenvalue weighted by Gasteiger charge is -2.18. The number of amides is 1. The van der Waals surface area contributed by atoms with Gasteiger partial charge in [-0.05, 0) is 19.4 Å². The molecule has 0 saturated carbocycles. The molecule has 0 aliphatic carbocycles. The number of carbonyl (C=O) groups is 1. The van der Waals surface area contributed by atoms with E-state index in [1.807, 2.05) is 25.1 Å². The fourth-order valence-corrected chi connectivity index (χ4v) is 3.58. The number of nitrogens with zero attached hydrogens (tertiary/aromatic N) is 2. The van der Waals surface area contributed by atoms with E-state index in [1.165, 1.54) is 0 Å². The molecule has 1 aliphatic heterocycles. The fourth-order valence-electron chi connectivity index (χ4n) is 2.76. The zero-order valence-corrected chi connectivity index (χ0v) is 14.8. The third-order valence-corrected chi connectivity index (χ3v) is 4.98. The van der Waals surface area contributed by atoms with Crippen molar-refractivity contribution in [3.63, 3.8) is 0 Å². The van der Waals surface area contributed by atoms with E-state index in [-0.39, 0.29) is 5.91 Å². The zero-order chi connectivity index (χ0) is 16.8. The Morgan fingerprint density at radius 2 is 2.29 bits per heavy atom. The van der Waals surface area contributed by atoms with Crippen molar-refractivity contribution >= 4 is 17.2 Å². The highest BCUT2D eigenvalue weighted by molar-refractivity contribution is 7.09. The van der Waals surface area contributed by atoms with Crippen LogP contribution in [-0.4, -0.2) is 42.0 Å². The summed E-state index contributed by atoms with van der Waals surface area (Å²) in [6.45, 7) is 5.24. The molecule has 6 heteroatoms. The van der Waals surface area contributed by atoms with E-state index in [9.17, 15) is 4.79 Å². The average molecular weight is 345 g/mol. The minimum Gasteiger partial charge on any atom is -0.492 e. The van der Waals surface area contributed by atoms with Crippen molar-refractivity contribution in [1.29, 1.82) is 0 Å². The van der Waals surface area contributed by atoms with Crippen LogP contribution < -0.4 is 10.1 Å². The number of rotatable bonds is 6. The van der Waals surface area contributed by atoms with Gasteiger partial charge in [0.1, 0.15) is 12.4 Å². The van der Waals surface area contributed by atoms with Gasteiger partial charge in [-0.15, -0.1) is 11.3 Å². The number of nitrogens with one attached hydrogen (secondary N) is 1. The molecule has 0 saturated heterocycles. The molecule has 5 nitrogen and oxygen atoms in total. The van der Waals surface area contributed by atoms with Crippen LogP contribution in [0.25, 0.3) is 0 Å². The third kappa shape index (κ3) is 4.79. The Morgan fingerprint density at radius 1 is 1.42 bits per heavy atom. The molecule has 0 bridgehead atoms. The number of hydrogen-bond acceptors (Lipinski definition) is 5. The van der Waals surface area contributed by atoms with E-state index in [0.29, 0.717) is 19.7 Å². The molecule has 1 amide bonds. The van der Waals surface area contributed by atoms with Crippen LogP contribution >= 0.6 is 11.3 Å². The van der Waals surface area contributed by atoms with Gasteiger partial charge in [-0.2, -0.15) is 0 Å². The first kappa shape index (κ1) is 16.9. The Balaban J connectivity index is 1.40. The molecule has 128 valence electrons. The molecule has 0 unspecified atom stereocenters. The van der Waals surface area contributed by atoms with Crippen LogP contribution in [0.15, 0.2) is 29.6 Å². The summed E-state index contributed by atoms with van der Waals surface area (Å²) in [6.07, 6.45) is 1.84. The molecule has 0 fully saturated rings. The van der Waals surface area contributed by atoms with E-state index in [0.717, 1.165) is 47.9 Å². The van der Waals surface area contributed by atoms with Crippen molar-refractivity contribution in [2.24, 2.45) is 0 Å². The second-order valence-electron chi connectivity index (χ2n) is 6.00. The summed E-state index contributed by atoms with van der Waals surface area (Å²) in [7, 11) is 0. The number of benzene rings is 1. The summed E-state index contributed by atoms with van der Waals surface area (Å²) < 4.78 is 5.73. The monoisotopic (exact) mass is 345 g/mol. The van der Waals surface area contributed by atoms with Crippen LogP contribution in [0, 0.1) is 6.92 Å². The number of ether oxygens (including phenoxy) is 1. The van der Waals surface area contributed by atoms with Gasteiger partial charge in [-0.25, -0.2) is 4.98 Å². The van der Waals surface area contributed by atoms with Crippen molar-refractivity contribution in [3.8, 4) is 5.75 Å². The molecule has 1 aromatic heterocycles. The average Bonchev–Trinajstić information content (AvgIpc) is 2.87. The SMILES string of the molecule is Cc1csc(CCCNC(=O)CN2CCOc3ccccc3C2)n1. The predicted molar refractivity (Wildman–Crippen MR) is 95.4 cm³/mol. The van der Waals surface area contributed by atoms with Crippen LogP contribution in [0.3, 0.4) is 0 Å². The first-order chi connectivity index (χ1) is 11.7. The Labute approximate surface area is 146 Å². The lowest BCUT2D eigenvalue weighted by molar-refractivity contribution is -0.122. The molecule has 2 aromatic rings. The summed E-state index contributed by atoms with van der Waals surface area (Å²) in [4.78, 5) is 18.7. The van der Waals surface area contributed by atoms with E-state index in [2.05, 4.69) is 26.6 Å². The Kier molecular flexibility index (Phi) is 5.82. The van der Waals surface area contributed by atoms with Gasteiger partial charge in [0, 0.05) is 42.7 Å². The number of thiazole rings is 1. The molecule has 0 radical (unpaired) electrons. The van der Waals surface area contributed by atoms with Gasteiger partial charge in [-0.3, -0.25) is 9.69 Å². The van der Waals surface area contributed by atoms with Gasteiger partial charge in [0.15, 0.2) is 0 Å². The lowest BCUT2D eigenvalue weighted by atomic mass is 10.2. The molecule has 24 heavy (non-hydrogen) atoms. The van der Waals surface area contributed by atoms with Gasteiger partial charge in [-0.1, -0.05) is 18.2 Å². The standard InChI is InChI=1S/C18H23N3O2S/c1-14-13-24-18(20-14)7-4-8-19-17(22)12-21-9-10-23-16-6-3-2-5-15(16)11-21/h2-3,5-6,13H,4,7-12H2,1H3,(H,19,22). The Bertz CT molecular complexity index is 686. The first-order valence-electron chi connectivity index (χ1n) is 8.31. The Morgan fingerprint density at radius 3 is 3.12 bits per heavy atom. The van der Waals surface area contributed by atoms with Crippen molar-refractivity contribution < 1.29 is 9.53 Å². The predicted octanol–water partition coefficient (Wildman–Crippen LogP) is 2.39. The van der Waals surface area contributed by atoms with Gasteiger partial charge < -0.3 is 10.1 Å². The van der Waals surface area contributed by atoms with Crippen LogP contribution in [0.4, 0.5) is 0 Å². The highest BCUT2D eigenvalue weighted by Crippen LogP contribution is 2.22. The summed E-state index contributed by atoms with van der Waals surface area (Å²) in [6, 6.07) is 8.03. The van der Waals surface area contributed by atoms with Crippen molar-refractivity contribution in [2.75, 3.05) is 26.2 Å². The number of aryl methyl sites for hydroxylation is 2. The molecule has 3 rings (SSSR count). The fraction of sp³-hybridized carbons (Fsp3) is 0.444. The van der Waals surface area contributed by atoms with E-state index in [4.69, 9.17) is 4.74 Å². The second kappa shape index (κ2) is 8.26. The lowest BCUT2D eigenvalue weighted by Crippen LogP contribution is -2.38. The number of hydrogen-bond donors (Lipinski definition) is 1.